The van der Waals surface area contributed by atoms with Crippen LogP contribution >= 0.6 is 11.6 Å². The number of aromatic nitrogens is 1. The molecule has 2 amide bonds. The Morgan fingerprint density at radius 1 is 1.06 bits per heavy atom. The summed E-state index contributed by atoms with van der Waals surface area (Å²) in [7, 11) is 0. The summed E-state index contributed by atoms with van der Waals surface area (Å²) in [5.74, 6) is 0.194. The lowest BCUT2D eigenvalue weighted by Gasteiger charge is -2.27. The van der Waals surface area contributed by atoms with Crippen LogP contribution in [-0.4, -0.2) is 23.3 Å². The lowest BCUT2D eigenvalue weighted by Crippen LogP contribution is -2.36. The summed E-state index contributed by atoms with van der Waals surface area (Å²) >= 11 is 5.99. The number of pyridine rings is 1. The van der Waals surface area contributed by atoms with Crippen molar-refractivity contribution in [3.63, 3.8) is 0 Å². The SMILES string of the molecule is O=C(NCC1CCC(C(=O)NCc2cc3cc(Cl)ccc3o2)CC1)c1ccc(C(F)(F)F)cn1. The third-order valence-corrected chi connectivity index (χ3v) is 6.29. The number of nitrogens with one attached hydrogen (secondary N) is 2. The Bertz CT molecular complexity index is 1170. The quantitative estimate of drug-likeness (QED) is 0.484. The summed E-state index contributed by atoms with van der Waals surface area (Å²) in [4.78, 5) is 28.4. The predicted molar refractivity (Wildman–Crippen MR) is 120 cm³/mol. The maximum absolute atomic E-state index is 12.6. The first-order valence-corrected chi connectivity index (χ1v) is 11.3. The lowest BCUT2D eigenvalue weighted by molar-refractivity contribution is -0.137. The van der Waals surface area contributed by atoms with Crippen molar-refractivity contribution in [2.75, 3.05) is 6.54 Å². The summed E-state index contributed by atoms with van der Waals surface area (Å²) in [6.45, 7) is 0.679. The third-order valence-electron chi connectivity index (χ3n) is 6.06. The van der Waals surface area contributed by atoms with Gasteiger partial charge in [-0.15, -0.1) is 0 Å². The second kappa shape index (κ2) is 10.0. The largest absolute Gasteiger partial charge is 0.459 e. The highest BCUT2D eigenvalue weighted by Crippen LogP contribution is 2.30. The maximum atomic E-state index is 12.6. The zero-order chi connectivity index (χ0) is 24.3. The number of alkyl halides is 3. The standard InChI is InChI=1S/C24H23ClF3N3O3/c25-18-6-8-21-16(9-18)10-19(34-21)13-31-22(32)15-3-1-14(2-4-15)11-30-23(33)20-7-5-17(12-29-20)24(26,27)28/h5-10,12,14-15H,1-4,11,13H2,(H,30,33)(H,31,32). The van der Waals surface area contributed by atoms with Crippen LogP contribution in [0, 0.1) is 11.8 Å². The van der Waals surface area contributed by atoms with Crippen molar-refractivity contribution in [1.82, 2.24) is 15.6 Å². The van der Waals surface area contributed by atoms with E-state index in [-0.39, 0.29) is 23.4 Å². The van der Waals surface area contributed by atoms with Crippen LogP contribution in [0.15, 0.2) is 47.0 Å². The molecule has 0 bridgehead atoms. The molecule has 0 saturated heterocycles. The van der Waals surface area contributed by atoms with E-state index in [1.807, 2.05) is 6.07 Å². The average Bonchev–Trinajstić information content (AvgIpc) is 3.23. The molecule has 1 saturated carbocycles. The normalized spacial score (nSPS) is 18.6. The molecule has 2 aromatic heterocycles. The van der Waals surface area contributed by atoms with Gasteiger partial charge in [0.2, 0.25) is 5.91 Å². The molecular weight excluding hydrogens is 471 g/mol. The van der Waals surface area contributed by atoms with Gasteiger partial charge in [-0.25, -0.2) is 0 Å². The molecule has 0 radical (unpaired) electrons. The minimum atomic E-state index is -4.49. The van der Waals surface area contributed by atoms with Crippen LogP contribution in [0.5, 0.6) is 0 Å². The zero-order valence-corrected chi connectivity index (χ0v) is 18.9. The molecule has 6 nitrogen and oxygen atoms in total. The fourth-order valence-electron chi connectivity index (χ4n) is 4.13. The van der Waals surface area contributed by atoms with E-state index in [1.165, 1.54) is 0 Å². The highest BCUT2D eigenvalue weighted by atomic mass is 35.5. The Labute approximate surface area is 198 Å². The Balaban J connectivity index is 1.19. The molecule has 10 heteroatoms. The van der Waals surface area contributed by atoms with Gasteiger partial charge in [0, 0.05) is 29.1 Å². The van der Waals surface area contributed by atoms with E-state index in [9.17, 15) is 22.8 Å². The number of halogens is 4. The molecule has 1 aromatic carbocycles. The molecule has 1 aliphatic rings. The van der Waals surface area contributed by atoms with Gasteiger partial charge in [-0.05, 0) is 68.0 Å². The zero-order valence-electron chi connectivity index (χ0n) is 18.1. The number of rotatable bonds is 6. The number of hydrogen-bond acceptors (Lipinski definition) is 4. The van der Waals surface area contributed by atoms with E-state index in [1.54, 1.807) is 18.2 Å². The van der Waals surface area contributed by atoms with Crippen molar-refractivity contribution in [1.29, 1.82) is 0 Å². The molecule has 0 aliphatic heterocycles. The van der Waals surface area contributed by atoms with Gasteiger partial charge in [0.1, 0.15) is 17.0 Å². The van der Waals surface area contributed by atoms with Crippen molar-refractivity contribution in [2.45, 2.75) is 38.4 Å². The van der Waals surface area contributed by atoms with Gasteiger partial charge in [-0.2, -0.15) is 13.2 Å². The maximum Gasteiger partial charge on any atom is 0.417 e. The van der Waals surface area contributed by atoms with Crippen molar-refractivity contribution >= 4 is 34.4 Å². The van der Waals surface area contributed by atoms with Gasteiger partial charge in [0.25, 0.3) is 5.91 Å². The third kappa shape index (κ3) is 5.88. The molecule has 34 heavy (non-hydrogen) atoms. The molecule has 0 atom stereocenters. The molecule has 2 heterocycles. The Hall–Kier alpha value is -3.07. The van der Waals surface area contributed by atoms with Crippen LogP contribution in [0.2, 0.25) is 5.02 Å². The van der Waals surface area contributed by atoms with Crippen molar-refractivity contribution in [3.05, 3.63) is 64.6 Å². The van der Waals surface area contributed by atoms with Crippen LogP contribution < -0.4 is 10.6 Å². The number of hydrogen-bond donors (Lipinski definition) is 2. The van der Waals surface area contributed by atoms with Crippen molar-refractivity contribution < 1.29 is 27.2 Å². The number of carbonyl (C=O) groups excluding carboxylic acids is 2. The van der Waals surface area contributed by atoms with E-state index in [2.05, 4.69) is 15.6 Å². The number of nitrogens with zero attached hydrogens (tertiary/aromatic N) is 1. The summed E-state index contributed by atoms with van der Waals surface area (Å²) in [6.07, 6.45) is -0.919. The van der Waals surface area contributed by atoms with Crippen LogP contribution in [0.25, 0.3) is 11.0 Å². The number of benzene rings is 1. The summed E-state index contributed by atoms with van der Waals surface area (Å²) < 4.78 is 43.6. The molecular formula is C24H23ClF3N3O3. The molecule has 0 spiro atoms. The first kappa shape index (κ1) is 24.1. The molecule has 4 rings (SSSR count). The van der Waals surface area contributed by atoms with Crippen LogP contribution in [0.3, 0.4) is 0 Å². The molecule has 0 unspecified atom stereocenters. The molecule has 180 valence electrons. The number of furan rings is 1. The van der Waals surface area contributed by atoms with Gasteiger partial charge in [0.05, 0.1) is 12.1 Å². The first-order valence-electron chi connectivity index (χ1n) is 11.0. The fraction of sp³-hybridized carbons (Fsp3) is 0.375. The minimum Gasteiger partial charge on any atom is -0.459 e. The summed E-state index contributed by atoms with van der Waals surface area (Å²) in [5.41, 5.74) is -0.248. The number of carbonyl (C=O) groups is 2. The van der Waals surface area contributed by atoms with Crippen molar-refractivity contribution in [3.8, 4) is 0 Å². The second-order valence-electron chi connectivity index (χ2n) is 8.47. The predicted octanol–water partition coefficient (Wildman–Crippen LogP) is 5.35. The van der Waals surface area contributed by atoms with E-state index in [4.69, 9.17) is 16.0 Å². The van der Waals surface area contributed by atoms with E-state index in [0.29, 0.717) is 48.5 Å². The second-order valence-corrected chi connectivity index (χ2v) is 8.91. The van der Waals surface area contributed by atoms with Gasteiger partial charge < -0.3 is 15.1 Å². The Kier molecular flexibility index (Phi) is 7.11. The van der Waals surface area contributed by atoms with Gasteiger partial charge >= 0.3 is 6.18 Å². The monoisotopic (exact) mass is 493 g/mol. The summed E-state index contributed by atoms with van der Waals surface area (Å²) in [5, 5.41) is 7.15. The lowest BCUT2D eigenvalue weighted by atomic mass is 9.81. The minimum absolute atomic E-state index is 0.0325. The Morgan fingerprint density at radius 2 is 1.82 bits per heavy atom. The highest BCUT2D eigenvalue weighted by Gasteiger charge is 2.31. The molecule has 1 fully saturated rings. The molecule has 1 aliphatic carbocycles. The Morgan fingerprint density at radius 3 is 2.50 bits per heavy atom. The van der Waals surface area contributed by atoms with Crippen LogP contribution in [0.1, 0.15) is 47.5 Å². The van der Waals surface area contributed by atoms with Gasteiger partial charge in [-0.3, -0.25) is 14.6 Å². The van der Waals surface area contributed by atoms with Crippen LogP contribution in [-0.2, 0) is 17.5 Å². The summed E-state index contributed by atoms with van der Waals surface area (Å²) in [6, 6.07) is 9.10. The van der Waals surface area contributed by atoms with Gasteiger partial charge in [0.15, 0.2) is 0 Å². The van der Waals surface area contributed by atoms with Crippen LogP contribution in [0.4, 0.5) is 13.2 Å². The van der Waals surface area contributed by atoms with Crippen molar-refractivity contribution in [2.24, 2.45) is 11.8 Å². The number of fused-ring (bicyclic) bond motifs is 1. The van der Waals surface area contributed by atoms with Gasteiger partial charge in [-0.1, -0.05) is 11.6 Å². The highest BCUT2D eigenvalue weighted by molar-refractivity contribution is 6.31. The van der Waals surface area contributed by atoms with E-state index in [0.717, 1.165) is 30.4 Å². The molecule has 2 N–H and O–H groups in total. The molecule has 3 aromatic rings. The van der Waals surface area contributed by atoms with E-state index >= 15 is 0 Å². The number of amides is 2. The topological polar surface area (TPSA) is 84.2 Å². The smallest absolute Gasteiger partial charge is 0.417 e. The first-order chi connectivity index (χ1) is 16.2. The fourth-order valence-corrected chi connectivity index (χ4v) is 4.31. The average molecular weight is 494 g/mol. The van der Waals surface area contributed by atoms with E-state index < -0.39 is 17.6 Å².